The Hall–Kier alpha value is -2.73. The van der Waals surface area contributed by atoms with E-state index in [1.807, 2.05) is 11.8 Å². The predicted molar refractivity (Wildman–Crippen MR) is 105 cm³/mol. The third kappa shape index (κ3) is 4.95. The van der Waals surface area contributed by atoms with Crippen molar-refractivity contribution in [3.05, 3.63) is 65.5 Å². The Morgan fingerprint density at radius 1 is 1.07 bits per heavy atom. The summed E-state index contributed by atoms with van der Waals surface area (Å²) < 4.78 is 18.7. The zero-order valence-corrected chi connectivity index (χ0v) is 16.2. The van der Waals surface area contributed by atoms with Crippen molar-refractivity contribution < 1.29 is 18.7 Å². The lowest BCUT2D eigenvalue weighted by Gasteiger charge is -2.44. The molecule has 2 aromatic rings. The molecule has 2 atom stereocenters. The minimum Gasteiger partial charge on any atom is -0.484 e. The van der Waals surface area contributed by atoms with Crippen LogP contribution in [0, 0.1) is 5.82 Å². The zero-order valence-electron chi connectivity index (χ0n) is 16.2. The number of nitrogens with zero attached hydrogens (tertiary/aromatic N) is 2. The highest BCUT2D eigenvalue weighted by Crippen LogP contribution is 2.19. The first-order valence-corrected chi connectivity index (χ1v) is 9.42. The van der Waals surface area contributed by atoms with Crippen LogP contribution in [-0.2, 0) is 11.3 Å². The van der Waals surface area contributed by atoms with Gasteiger partial charge in [-0.2, -0.15) is 0 Å². The molecule has 2 aromatic carbocycles. The molecule has 0 radical (unpaired) electrons. The molecule has 0 bridgehead atoms. The summed E-state index contributed by atoms with van der Waals surface area (Å²) in [7, 11) is 0. The van der Waals surface area contributed by atoms with Crippen LogP contribution in [0.3, 0.4) is 0 Å². The van der Waals surface area contributed by atoms with Gasteiger partial charge in [-0.25, -0.2) is 4.39 Å². The molecular weight excluding hydrogens is 359 g/mol. The van der Waals surface area contributed by atoms with E-state index in [2.05, 4.69) is 11.8 Å². The maximum atomic E-state index is 13.1. The topological polar surface area (TPSA) is 49.9 Å². The summed E-state index contributed by atoms with van der Waals surface area (Å²) in [5, 5.41) is 0. The number of rotatable bonds is 6. The first-order valence-electron chi connectivity index (χ1n) is 9.42. The number of benzene rings is 2. The third-order valence-corrected chi connectivity index (χ3v) is 5.11. The summed E-state index contributed by atoms with van der Waals surface area (Å²) in [6.45, 7) is 6.19. The van der Waals surface area contributed by atoms with E-state index in [4.69, 9.17) is 4.74 Å². The lowest BCUT2D eigenvalue weighted by Crippen LogP contribution is -2.58. The largest absolute Gasteiger partial charge is 0.484 e. The summed E-state index contributed by atoms with van der Waals surface area (Å²) in [5.41, 5.74) is 1.63. The van der Waals surface area contributed by atoms with Gasteiger partial charge in [0, 0.05) is 37.3 Å². The van der Waals surface area contributed by atoms with Gasteiger partial charge in [0.05, 0.1) is 0 Å². The number of ether oxygens (including phenoxy) is 1. The number of carbonyl (C=O) groups is 2. The SMILES string of the molecule is C[C@@H]1CN(Cc2ccc(F)cc2)[C@@H](C)CN1C(=O)COc1ccc(C=O)cc1. The van der Waals surface area contributed by atoms with E-state index in [0.717, 1.165) is 24.9 Å². The average molecular weight is 384 g/mol. The van der Waals surface area contributed by atoms with Crippen molar-refractivity contribution in [2.45, 2.75) is 32.5 Å². The van der Waals surface area contributed by atoms with E-state index in [9.17, 15) is 14.0 Å². The van der Waals surface area contributed by atoms with Crippen LogP contribution in [0.4, 0.5) is 4.39 Å². The lowest BCUT2D eigenvalue weighted by atomic mass is 10.1. The van der Waals surface area contributed by atoms with Crippen LogP contribution in [0.5, 0.6) is 5.75 Å². The monoisotopic (exact) mass is 384 g/mol. The van der Waals surface area contributed by atoms with E-state index in [1.165, 1.54) is 12.1 Å². The lowest BCUT2D eigenvalue weighted by molar-refractivity contribution is -0.139. The van der Waals surface area contributed by atoms with E-state index < -0.39 is 0 Å². The van der Waals surface area contributed by atoms with Gasteiger partial charge in [-0.05, 0) is 55.8 Å². The van der Waals surface area contributed by atoms with Crippen LogP contribution in [0.2, 0.25) is 0 Å². The fraction of sp³-hybridized carbons (Fsp3) is 0.364. The summed E-state index contributed by atoms with van der Waals surface area (Å²) >= 11 is 0. The molecule has 1 heterocycles. The third-order valence-electron chi connectivity index (χ3n) is 5.11. The quantitative estimate of drug-likeness (QED) is 0.718. The average Bonchev–Trinajstić information content (AvgIpc) is 2.70. The molecule has 0 saturated carbocycles. The Morgan fingerprint density at radius 2 is 1.75 bits per heavy atom. The van der Waals surface area contributed by atoms with Gasteiger partial charge >= 0.3 is 0 Å². The Bertz CT molecular complexity index is 808. The summed E-state index contributed by atoms with van der Waals surface area (Å²) in [5.74, 6) is 0.274. The number of amides is 1. The van der Waals surface area contributed by atoms with Gasteiger partial charge in [0.2, 0.25) is 0 Å². The van der Waals surface area contributed by atoms with Crippen LogP contribution in [-0.4, -0.2) is 53.8 Å². The van der Waals surface area contributed by atoms with Crippen molar-refractivity contribution in [1.82, 2.24) is 9.80 Å². The van der Waals surface area contributed by atoms with Crippen molar-refractivity contribution in [2.75, 3.05) is 19.7 Å². The van der Waals surface area contributed by atoms with E-state index in [-0.39, 0.29) is 30.4 Å². The number of halogens is 1. The molecule has 5 nitrogen and oxygen atoms in total. The van der Waals surface area contributed by atoms with Gasteiger partial charge in [-0.3, -0.25) is 14.5 Å². The zero-order chi connectivity index (χ0) is 20.1. The second-order valence-corrected chi connectivity index (χ2v) is 7.28. The molecule has 0 aliphatic carbocycles. The number of carbonyl (C=O) groups excluding carboxylic acids is 2. The van der Waals surface area contributed by atoms with E-state index in [0.29, 0.717) is 17.9 Å². The molecule has 0 N–H and O–H groups in total. The molecule has 148 valence electrons. The van der Waals surface area contributed by atoms with Crippen LogP contribution in [0.15, 0.2) is 48.5 Å². The molecular formula is C22H25FN2O3. The molecule has 0 spiro atoms. The smallest absolute Gasteiger partial charge is 0.260 e. The van der Waals surface area contributed by atoms with Gasteiger partial charge in [-0.1, -0.05) is 12.1 Å². The van der Waals surface area contributed by atoms with Gasteiger partial charge in [0.1, 0.15) is 17.9 Å². The Morgan fingerprint density at radius 3 is 2.39 bits per heavy atom. The second-order valence-electron chi connectivity index (χ2n) is 7.28. The molecule has 1 aliphatic heterocycles. The number of hydrogen-bond donors (Lipinski definition) is 0. The van der Waals surface area contributed by atoms with E-state index in [1.54, 1.807) is 36.4 Å². The van der Waals surface area contributed by atoms with Crippen molar-refractivity contribution >= 4 is 12.2 Å². The molecule has 28 heavy (non-hydrogen) atoms. The second kappa shape index (κ2) is 8.97. The number of aldehydes is 1. The van der Waals surface area contributed by atoms with Crippen molar-refractivity contribution in [3.8, 4) is 5.75 Å². The predicted octanol–water partition coefficient (Wildman–Crippen LogP) is 3.14. The molecule has 0 unspecified atom stereocenters. The minimum atomic E-state index is -0.235. The van der Waals surface area contributed by atoms with E-state index >= 15 is 0 Å². The van der Waals surface area contributed by atoms with Crippen molar-refractivity contribution in [1.29, 1.82) is 0 Å². The Balaban J connectivity index is 1.54. The maximum Gasteiger partial charge on any atom is 0.260 e. The van der Waals surface area contributed by atoms with Gasteiger partial charge < -0.3 is 9.64 Å². The number of piperazine rings is 1. The molecule has 1 aliphatic rings. The van der Waals surface area contributed by atoms with Gasteiger partial charge in [0.15, 0.2) is 6.61 Å². The van der Waals surface area contributed by atoms with Crippen LogP contribution >= 0.6 is 0 Å². The summed E-state index contributed by atoms with van der Waals surface area (Å²) in [6.07, 6.45) is 0.767. The van der Waals surface area contributed by atoms with Gasteiger partial charge in [-0.15, -0.1) is 0 Å². The Kier molecular flexibility index (Phi) is 6.41. The highest BCUT2D eigenvalue weighted by Gasteiger charge is 2.32. The summed E-state index contributed by atoms with van der Waals surface area (Å²) in [4.78, 5) is 27.5. The van der Waals surface area contributed by atoms with Crippen molar-refractivity contribution in [3.63, 3.8) is 0 Å². The molecule has 1 amide bonds. The highest BCUT2D eigenvalue weighted by molar-refractivity contribution is 5.78. The molecule has 1 saturated heterocycles. The Labute approximate surface area is 164 Å². The molecule has 0 aromatic heterocycles. The standard InChI is InChI=1S/C22H25FN2O3/c1-16-12-25(22(27)15-28-21-9-5-19(14-26)6-10-21)17(2)11-24(16)13-18-3-7-20(23)8-4-18/h3-10,14,16-17H,11-13,15H2,1-2H3/t16-,17+/m0/s1. The fourth-order valence-corrected chi connectivity index (χ4v) is 3.46. The van der Waals surface area contributed by atoms with Crippen LogP contribution in [0.25, 0.3) is 0 Å². The number of hydrogen-bond acceptors (Lipinski definition) is 4. The molecule has 6 heteroatoms. The highest BCUT2D eigenvalue weighted by atomic mass is 19.1. The molecule has 3 rings (SSSR count). The van der Waals surface area contributed by atoms with Crippen molar-refractivity contribution in [2.24, 2.45) is 0 Å². The maximum absolute atomic E-state index is 13.1. The first kappa shape index (κ1) is 20.0. The first-order chi connectivity index (χ1) is 13.5. The van der Waals surface area contributed by atoms with Crippen LogP contribution < -0.4 is 4.74 Å². The minimum absolute atomic E-state index is 0.0323. The fourth-order valence-electron chi connectivity index (χ4n) is 3.46. The van der Waals surface area contributed by atoms with Gasteiger partial charge in [0.25, 0.3) is 5.91 Å². The normalized spacial score (nSPS) is 20.0. The van der Waals surface area contributed by atoms with Crippen LogP contribution in [0.1, 0.15) is 29.8 Å². The summed E-state index contributed by atoms with van der Waals surface area (Å²) in [6, 6.07) is 13.5. The molecule has 1 fully saturated rings.